The first-order chi connectivity index (χ1) is 11.7. The molecule has 1 fully saturated rings. The van der Waals surface area contributed by atoms with E-state index in [2.05, 4.69) is 29.5 Å². The molecule has 0 saturated carbocycles. The monoisotopic (exact) mass is 322 g/mol. The number of fused-ring (bicyclic) bond motifs is 1. The van der Waals surface area contributed by atoms with Gasteiger partial charge in [-0.15, -0.1) is 0 Å². The quantitative estimate of drug-likeness (QED) is 0.797. The zero-order valence-electron chi connectivity index (χ0n) is 14.1. The summed E-state index contributed by atoms with van der Waals surface area (Å²) in [5.74, 6) is 1.01. The Balaban J connectivity index is 1.75. The van der Waals surface area contributed by atoms with Gasteiger partial charge in [0.1, 0.15) is 5.82 Å². The molecule has 1 aliphatic heterocycles. The molecule has 2 aromatic heterocycles. The summed E-state index contributed by atoms with van der Waals surface area (Å²) in [7, 11) is 0. The highest BCUT2D eigenvalue weighted by Gasteiger charge is 2.18. The van der Waals surface area contributed by atoms with Crippen LogP contribution in [0.3, 0.4) is 0 Å². The van der Waals surface area contributed by atoms with E-state index in [1.165, 1.54) is 0 Å². The maximum Gasteiger partial charge on any atom is 0.165 e. The minimum absolute atomic E-state index is 0.289. The first-order valence-corrected chi connectivity index (χ1v) is 8.50. The van der Waals surface area contributed by atoms with Gasteiger partial charge in [0.2, 0.25) is 0 Å². The van der Waals surface area contributed by atoms with Gasteiger partial charge in [-0.05, 0) is 32.3 Å². The smallest absolute Gasteiger partial charge is 0.165 e. The van der Waals surface area contributed by atoms with Crippen LogP contribution in [0.1, 0.15) is 24.1 Å². The van der Waals surface area contributed by atoms with Crippen molar-refractivity contribution in [3.8, 4) is 11.1 Å². The fourth-order valence-electron chi connectivity index (χ4n) is 3.23. The first kappa shape index (κ1) is 15.1. The van der Waals surface area contributed by atoms with E-state index in [0.29, 0.717) is 0 Å². The summed E-state index contributed by atoms with van der Waals surface area (Å²) >= 11 is 0. The molecule has 1 N–H and O–H groups in total. The van der Waals surface area contributed by atoms with Crippen molar-refractivity contribution in [3.63, 3.8) is 0 Å². The van der Waals surface area contributed by atoms with E-state index in [1.54, 1.807) is 0 Å². The van der Waals surface area contributed by atoms with E-state index in [9.17, 15) is 0 Å². The summed E-state index contributed by atoms with van der Waals surface area (Å²) in [5.41, 5.74) is 5.23. The fourth-order valence-corrected chi connectivity index (χ4v) is 3.23. The molecule has 0 amide bonds. The van der Waals surface area contributed by atoms with Gasteiger partial charge in [0.05, 0.1) is 12.3 Å². The molecular weight excluding hydrogens is 300 g/mol. The molecule has 1 aromatic carbocycles. The number of aryl methyl sites for hydroxylation is 1. The number of aromatic nitrogens is 3. The van der Waals surface area contributed by atoms with Crippen molar-refractivity contribution in [1.29, 1.82) is 0 Å². The highest BCUT2D eigenvalue weighted by molar-refractivity contribution is 5.78. The number of nitrogens with one attached hydrogen (secondary N) is 1. The molecule has 1 atom stereocenters. The third kappa shape index (κ3) is 2.65. The van der Waals surface area contributed by atoms with Crippen LogP contribution in [0.25, 0.3) is 16.8 Å². The van der Waals surface area contributed by atoms with Crippen molar-refractivity contribution >= 4 is 11.5 Å². The van der Waals surface area contributed by atoms with Gasteiger partial charge >= 0.3 is 0 Å². The van der Waals surface area contributed by atoms with E-state index in [0.717, 1.165) is 59.8 Å². The number of hydrogen-bond acceptors (Lipinski definition) is 4. The van der Waals surface area contributed by atoms with Crippen LogP contribution in [0.4, 0.5) is 5.82 Å². The lowest BCUT2D eigenvalue weighted by Gasteiger charge is -2.16. The predicted octanol–water partition coefficient (Wildman–Crippen LogP) is 3.60. The minimum atomic E-state index is 0.289. The average Bonchev–Trinajstić information content (AvgIpc) is 3.26. The normalized spacial score (nSPS) is 17.5. The van der Waals surface area contributed by atoms with Crippen molar-refractivity contribution in [3.05, 3.63) is 47.8 Å². The summed E-state index contributed by atoms with van der Waals surface area (Å²) in [6.45, 7) is 5.81. The zero-order chi connectivity index (χ0) is 16.5. The molecule has 0 radical (unpaired) electrons. The largest absolute Gasteiger partial charge is 0.376 e. The summed E-state index contributed by atoms with van der Waals surface area (Å²) in [6, 6.07) is 10.3. The Morgan fingerprint density at radius 1 is 1.25 bits per heavy atom. The second-order valence-corrected chi connectivity index (χ2v) is 6.35. The molecule has 0 bridgehead atoms. The lowest BCUT2D eigenvalue weighted by molar-refractivity contribution is 0.120. The highest BCUT2D eigenvalue weighted by atomic mass is 16.5. The molecule has 5 heteroatoms. The van der Waals surface area contributed by atoms with Crippen molar-refractivity contribution < 1.29 is 4.74 Å². The van der Waals surface area contributed by atoms with E-state index in [1.807, 2.05) is 35.8 Å². The molecule has 3 aromatic rings. The lowest BCUT2D eigenvalue weighted by Crippen LogP contribution is -2.21. The van der Waals surface area contributed by atoms with Crippen LogP contribution in [-0.4, -0.2) is 33.9 Å². The Morgan fingerprint density at radius 2 is 2.08 bits per heavy atom. The predicted molar refractivity (Wildman–Crippen MR) is 95.4 cm³/mol. The van der Waals surface area contributed by atoms with Crippen molar-refractivity contribution in [1.82, 2.24) is 14.6 Å². The van der Waals surface area contributed by atoms with Gasteiger partial charge in [-0.1, -0.05) is 30.3 Å². The van der Waals surface area contributed by atoms with Gasteiger partial charge in [-0.3, -0.25) is 0 Å². The third-order valence-corrected chi connectivity index (χ3v) is 4.73. The maximum atomic E-state index is 5.72. The zero-order valence-corrected chi connectivity index (χ0v) is 14.1. The molecule has 124 valence electrons. The van der Waals surface area contributed by atoms with Crippen LogP contribution in [0.15, 0.2) is 36.5 Å². The molecule has 0 spiro atoms. The van der Waals surface area contributed by atoms with E-state index >= 15 is 0 Å². The number of rotatable bonds is 4. The fraction of sp³-hybridized carbons (Fsp3) is 0.368. The Morgan fingerprint density at radius 3 is 2.83 bits per heavy atom. The van der Waals surface area contributed by atoms with E-state index in [-0.39, 0.29) is 6.10 Å². The number of hydrogen-bond donors (Lipinski definition) is 1. The number of anilines is 1. The topological polar surface area (TPSA) is 51.5 Å². The van der Waals surface area contributed by atoms with Crippen LogP contribution >= 0.6 is 0 Å². The molecule has 5 nitrogen and oxygen atoms in total. The maximum absolute atomic E-state index is 5.72. The molecule has 24 heavy (non-hydrogen) atoms. The molecule has 1 aliphatic rings. The molecule has 4 rings (SSSR count). The Kier molecular flexibility index (Phi) is 3.94. The van der Waals surface area contributed by atoms with Crippen LogP contribution < -0.4 is 5.32 Å². The Bertz CT molecular complexity index is 851. The number of ether oxygens (including phenoxy) is 1. The SMILES string of the molecule is Cc1nc2c(-c3ccccc3)cnn2c(NCC2CCCO2)c1C. The molecule has 1 unspecified atom stereocenters. The second kappa shape index (κ2) is 6.24. The molecule has 1 saturated heterocycles. The van der Waals surface area contributed by atoms with Crippen LogP contribution in [-0.2, 0) is 4.74 Å². The molecule has 0 aliphatic carbocycles. The summed E-state index contributed by atoms with van der Waals surface area (Å²) in [5, 5.41) is 8.13. The van der Waals surface area contributed by atoms with E-state index < -0.39 is 0 Å². The third-order valence-electron chi connectivity index (χ3n) is 4.73. The average molecular weight is 322 g/mol. The van der Waals surface area contributed by atoms with Crippen LogP contribution in [0.2, 0.25) is 0 Å². The van der Waals surface area contributed by atoms with Gasteiger partial charge in [0, 0.05) is 30.0 Å². The highest BCUT2D eigenvalue weighted by Crippen LogP contribution is 2.28. The van der Waals surface area contributed by atoms with Gasteiger partial charge < -0.3 is 10.1 Å². The lowest BCUT2D eigenvalue weighted by atomic mass is 10.1. The van der Waals surface area contributed by atoms with Gasteiger partial charge in [-0.25, -0.2) is 4.98 Å². The van der Waals surface area contributed by atoms with Crippen LogP contribution in [0.5, 0.6) is 0 Å². The Hall–Kier alpha value is -2.40. The second-order valence-electron chi connectivity index (χ2n) is 6.35. The standard InChI is InChI=1S/C19H22N4O/c1-13-14(2)22-19-17(15-7-4-3-5-8-15)12-21-23(19)18(13)20-11-16-9-6-10-24-16/h3-5,7-8,12,16,20H,6,9-11H2,1-2H3. The first-order valence-electron chi connectivity index (χ1n) is 8.50. The van der Waals surface area contributed by atoms with E-state index in [4.69, 9.17) is 9.72 Å². The summed E-state index contributed by atoms with van der Waals surface area (Å²) < 4.78 is 7.64. The summed E-state index contributed by atoms with van der Waals surface area (Å²) in [6.07, 6.45) is 4.45. The summed E-state index contributed by atoms with van der Waals surface area (Å²) in [4.78, 5) is 4.78. The number of nitrogens with zero attached hydrogens (tertiary/aromatic N) is 3. The Labute approximate surface area is 141 Å². The number of benzene rings is 1. The van der Waals surface area contributed by atoms with Crippen molar-refractivity contribution in [2.24, 2.45) is 0 Å². The minimum Gasteiger partial charge on any atom is -0.376 e. The molecular formula is C19H22N4O. The molecule has 3 heterocycles. The van der Waals surface area contributed by atoms with Gasteiger partial charge in [-0.2, -0.15) is 9.61 Å². The van der Waals surface area contributed by atoms with Crippen molar-refractivity contribution in [2.75, 3.05) is 18.5 Å². The van der Waals surface area contributed by atoms with Gasteiger partial charge in [0.15, 0.2) is 5.65 Å². The van der Waals surface area contributed by atoms with Crippen molar-refractivity contribution in [2.45, 2.75) is 32.8 Å². The van der Waals surface area contributed by atoms with Gasteiger partial charge in [0.25, 0.3) is 0 Å². The van der Waals surface area contributed by atoms with Crippen LogP contribution in [0, 0.1) is 13.8 Å².